The Morgan fingerprint density at radius 3 is 2.32 bits per heavy atom. The summed E-state index contributed by atoms with van der Waals surface area (Å²) < 4.78 is 0. The highest BCUT2D eigenvalue weighted by Gasteiger charge is 2.29. The Kier molecular flexibility index (Phi) is 3.67. The molecule has 0 saturated heterocycles. The van der Waals surface area contributed by atoms with Gasteiger partial charge in [0, 0.05) is 11.7 Å². The summed E-state index contributed by atoms with van der Waals surface area (Å²) in [4.78, 5) is 0. The fourth-order valence-corrected chi connectivity index (χ4v) is 2.85. The lowest BCUT2D eigenvalue weighted by Crippen LogP contribution is -2.33. The van der Waals surface area contributed by atoms with Gasteiger partial charge in [0.1, 0.15) is 0 Å². The van der Waals surface area contributed by atoms with Crippen molar-refractivity contribution in [3.8, 4) is 0 Å². The Morgan fingerprint density at radius 2 is 1.63 bits per heavy atom. The average molecular weight is 292 g/mol. The Hall–Kier alpha value is -1.18. The maximum atomic E-state index is 6.01. The van der Waals surface area contributed by atoms with Crippen LogP contribution in [0, 0.1) is 0 Å². The van der Waals surface area contributed by atoms with E-state index >= 15 is 0 Å². The van der Waals surface area contributed by atoms with Crippen molar-refractivity contribution in [2.24, 2.45) is 0 Å². The zero-order chi connectivity index (χ0) is 13.2. The van der Waals surface area contributed by atoms with Crippen LogP contribution in [0.1, 0.15) is 24.3 Å². The normalized spacial score (nSPS) is 21.8. The Morgan fingerprint density at radius 1 is 0.895 bits per heavy atom. The molecule has 0 bridgehead atoms. The van der Waals surface area contributed by atoms with E-state index < -0.39 is 0 Å². The molecule has 1 aliphatic rings. The molecule has 3 heteroatoms. The van der Waals surface area contributed by atoms with E-state index in [1.165, 1.54) is 18.4 Å². The molecule has 1 N–H and O–H groups in total. The van der Waals surface area contributed by atoms with Crippen LogP contribution in [0.4, 0.5) is 5.69 Å². The molecule has 98 valence electrons. The minimum atomic E-state index is 0.530. The first-order chi connectivity index (χ1) is 9.22. The van der Waals surface area contributed by atoms with Gasteiger partial charge in [0.05, 0.1) is 10.0 Å². The van der Waals surface area contributed by atoms with Crippen LogP contribution in [-0.2, 0) is 0 Å². The molecule has 0 atom stereocenters. The fraction of sp³-hybridized carbons (Fsp3) is 0.250. The van der Waals surface area contributed by atoms with Crippen LogP contribution in [0.25, 0.3) is 0 Å². The van der Waals surface area contributed by atoms with Gasteiger partial charge in [0.15, 0.2) is 0 Å². The van der Waals surface area contributed by atoms with Crippen LogP contribution in [0.3, 0.4) is 0 Å². The number of hydrogen-bond acceptors (Lipinski definition) is 1. The molecule has 1 aliphatic carbocycles. The van der Waals surface area contributed by atoms with E-state index in [4.69, 9.17) is 23.2 Å². The minimum Gasteiger partial charge on any atom is -0.382 e. The third-order valence-electron chi connectivity index (χ3n) is 3.70. The molecule has 0 heterocycles. The van der Waals surface area contributed by atoms with Crippen LogP contribution in [-0.4, -0.2) is 6.04 Å². The number of hydrogen-bond donors (Lipinski definition) is 1. The van der Waals surface area contributed by atoms with Crippen molar-refractivity contribution in [2.45, 2.75) is 24.8 Å². The van der Waals surface area contributed by atoms with Crippen LogP contribution >= 0.6 is 23.2 Å². The van der Waals surface area contributed by atoms with Crippen LogP contribution in [0.5, 0.6) is 0 Å². The lowest BCUT2D eigenvalue weighted by molar-refractivity contribution is 0.374. The highest BCUT2D eigenvalue weighted by Crippen LogP contribution is 2.38. The van der Waals surface area contributed by atoms with Crippen LogP contribution < -0.4 is 5.32 Å². The van der Waals surface area contributed by atoms with E-state index in [2.05, 4.69) is 35.6 Å². The highest BCUT2D eigenvalue weighted by atomic mass is 35.5. The number of anilines is 1. The molecule has 1 nitrogen and oxygen atoms in total. The summed E-state index contributed by atoms with van der Waals surface area (Å²) >= 11 is 11.9. The molecule has 2 aromatic carbocycles. The second-order valence-electron chi connectivity index (χ2n) is 5.05. The third kappa shape index (κ3) is 2.88. The standard InChI is InChI=1S/C16H15Cl2N/c17-15-7-6-13(10-16(15)18)19-14-8-12(9-14)11-4-2-1-3-5-11/h1-7,10,12,14,19H,8-9H2. The van der Waals surface area contributed by atoms with Gasteiger partial charge in [-0.3, -0.25) is 0 Å². The smallest absolute Gasteiger partial charge is 0.0612 e. The molecule has 1 saturated carbocycles. The van der Waals surface area contributed by atoms with Crippen molar-refractivity contribution in [1.29, 1.82) is 0 Å². The van der Waals surface area contributed by atoms with Gasteiger partial charge < -0.3 is 5.32 Å². The summed E-state index contributed by atoms with van der Waals surface area (Å²) in [6, 6.07) is 16.9. The molecule has 0 amide bonds. The molecule has 0 aliphatic heterocycles. The molecule has 0 unspecified atom stereocenters. The van der Waals surface area contributed by atoms with Crippen molar-refractivity contribution in [3.63, 3.8) is 0 Å². The molecular formula is C16H15Cl2N. The molecule has 3 rings (SSSR count). The van der Waals surface area contributed by atoms with E-state index in [1.54, 1.807) is 0 Å². The SMILES string of the molecule is Clc1ccc(NC2CC(c3ccccc3)C2)cc1Cl. The van der Waals surface area contributed by atoms with Crippen molar-refractivity contribution in [1.82, 2.24) is 0 Å². The van der Waals surface area contributed by atoms with Gasteiger partial charge >= 0.3 is 0 Å². The Bertz CT molecular complexity index is 562. The first-order valence-corrected chi connectivity index (χ1v) is 7.24. The predicted molar refractivity (Wildman–Crippen MR) is 82.3 cm³/mol. The quantitative estimate of drug-likeness (QED) is 0.804. The topological polar surface area (TPSA) is 12.0 Å². The van der Waals surface area contributed by atoms with E-state index in [9.17, 15) is 0 Å². The summed E-state index contributed by atoms with van der Waals surface area (Å²) in [6.45, 7) is 0. The third-order valence-corrected chi connectivity index (χ3v) is 4.44. The number of nitrogens with one attached hydrogen (secondary N) is 1. The van der Waals surface area contributed by atoms with Gasteiger partial charge in [0.25, 0.3) is 0 Å². The van der Waals surface area contributed by atoms with E-state index in [0.717, 1.165) is 5.69 Å². The second kappa shape index (κ2) is 5.44. The summed E-state index contributed by atoms with van der Waals surface area (Å²) in [5, 5.41) is 4.71. The summed E-state index contributed by atoms with van der Waals surface area (Å²) in [6.07, 6.45) is 2.34. The fourth-order valence-electron chi connectivity index (χ4n) is 2.55. The van der Waals surface area contributed by atoms with E-state index in [0.29, 0.717) is 22.0 Å². The minimum absolute atomic E-state index is 0.530. The molecular weight excluding hydrogens is 277 g/mol. The summed E-state index contributed by atoms with van der Waals surface area (Å²) in [7, 11) is 0. The van der Waals surface area contributed by atoms with Crippen molar-refractivity contribution in [2.75, 3.05) is 5.32 Å². The maximum absolute atomic E-state index is 6.01. The summed E-state index contributed by atoms with van der Waals surface area (Å²) in [5.74, 6) is 0.682. The van der Waals surface area contributed by atoms with Gasteiger partial charge in [0.2, 0.25) is 0 Å². The lowest BCUT2D eigenvalue weighted by Gasteiger charge is -2.37. The molecule has 0 radical (unpaired) electrons. The van der Waals surface area contributed by atoms with Crippen LogP contribution in [0.15, 0.2) is 48.5 Å². The van der Waals surface area contributed by atoms with Gasteiger partial charge in [-0.1, -0.05) is 53.5 Å². The summed E-state index contributed by atoms with van der Waals surface area (Å²) in [5.41, 5.74) is 2.49. The predicted octanol–water partition coefficient (Wildman–Crippen LogP) is 5.35. The Balaban J connectivity index is 1.58. The Labute approximate surface area is 123 Å². The number of rotatable bonds is 3. The van der Waals surface area contributed by atoms with Crippen LogP contribution in [0.2, 0.25) is 10.0 Å². The highest BCUT2D eigenvalue weighted by molar-refractivity contribution is 6.42. The molecule has 19 heavy (non-hydrogen) atoms. The maximum Gasteiger partial charge on any atom is 0.0612 e. The van der Waals surface area contributed by atoms with Gasteiger partial charge in [-0.2, -0.15) is 0 Å². The number of halogens is 2. The zero-order valence-electron chi connectivity index (χ0n) is 10.4. The van der Waals surface area contributed by atoms with Gasteiger partial charge in [-0.25, -0.2) is 0 Å². The first-order valence-electron chi connectivity index (χ1n) is 6.49. The van der Waals surface area contributed by atoms with Gasteiger partial charge in [-0.15, -0.1) is 0 Å². The molecule has 0 aromatic heterocycles. The number of benzene rings is 2. The zero-order valence-corrected chi connectivity index (χ0v) is 12.0. The molecule has 1 fully saturated rings. The van der Waals surface area contributed by atoms with Crippen molar-refractivity contribution >= 4 is 28.9 Å². The first kappa shape index (κ1) is 12.8. The van der Waals surface area contributed by atoms with E-state index in [-0.39, 0.29) is 0 Å². The molecule has 0 spiro atoms. The molecule has 2 aromatic rings. The lowest BCUT2D eigenvalue weighted by atomic mass is 9.76. The van der Waals surface area contributed by atoms with Crippen molar-refractivity contribution < 1.29 is 0 Å². The monoisotopic (exact) mass is 291 g/mol. The largest absolute Gasteiger partial charge is 0.382 e. The van der Waals surface area contributed by atoms with Crippen molar-refractivity contribution in [3.05, 3.63) is 64.1 Å². The second-order valence-corrected chi connectivity index (χ2v) is 5.86. The van der Waals surface area contributed by atoms with Gasteiger partial charge in [-0.05, 0) is 42.5 Å². The van der Waals surface area contributed by atoms with E-state index in [1.807, 2.05) is 18.2 Å². The average Bonchev–Trinajstić information content (AvgIpc) is 2.38.